The minimum Gasteiger partial charge on any atom is -0.315 e. The van der Waals surface area contributed by atoms with E-state index in [0.29, 0.717) is 6.04 Å². The molecule has 86 valence electrons. The van der Waals surface area contributed by atoms with Crippen LogP contribution in [-0.4, -0.2) is 38.3 Å². The molecule has 14 heavy (non-hydrogen) atoms. The van der Waals surface area contributed by atoms with Crippen LogP contribution >= 0.6 is 0 Å². The lowest BCUT2D eigenvalue weighted by Gasteiger charge is -2.37. The Morgan fingerprint density at radius 3 is 1.93 bits per heavy atom. The topological polar surface area (TPSA) is 36.1 Å². The molecule has 0 aliphatic carbocycles. The number of hydrogen-bond donors (Lipinski definition) is 3. The average Bonchev–Trinajstić information content (AvgIpc) is 2.34. The Bertz CT molecular complexity index is 91.1. The van der Waals surface area contributed by atoms with Gasteiger partial charge >= 0.3 is 0 Å². The zero-order valence-electron chi connectivity index (χ0n) is 10.2. The van der Waals surface area contributed by atoms with Crippen LogP contribution in [0.4, 0.5) is 0 Å². The second kappa shape index (κ2) is 9.44. The van der Waals surface area contributed by atoms with Crippen molar-refractivity contribution in [3.05, 3.63) is 0 Å². The second-order valence-corrected chi connectivity index (χ2v) is 3.11. The minimum absolute atomic E-state index is 0.683. The molecule has 2 aliphatic rings. The van der Waals surface area contributed by atoms with Crippen molar-refractivity contribution >= 4 is 0 Å². The summed E-state index contributed by atoms with van der Waals surface area (Å²) in [6.07, 6.45) is 1.28. The van der Waals surface area contributed by atoms with E-state index in [1.165, 1.54) is 13.0 Å². The van der Waals surface area contributed by atoms with Crippen molar-refractivity contribution in [3.8, 4) is 0 Å². The molecular formula is C11H27N3. The lowest BCUT2D eigenvalue weighted by Crippen LogP contribution is -2.62. The van der Waals surface area contributed by atoms with Crippen molar-refractivity contribution in [1.82, 2.24) is 16.0 Å². The molecule has 2 aliphatic heterocycles. The first-order valence-corrected chi connectivity index (χ1v) is 6.14. The van der Waals surface area contributed by atoms with Gasteiger partial charge < -0.3 is 16.0 Å². The highest BCUT2D eigenvalue weighted by Gasteiger charge is 2.25. The summed E-state index contributed by atoms with van der Waals surface area (Å²) in [5, 5.41) is 10.4. The molecule has 2 rings (SSSR count). The monoisotopic (exact) mass is 201 g/mol. The molecule has 2 unspecified atom stereocenters. The van der Waals surface area contributed by atoms with Gasteiger partial charge in [0, 0.05) is 31.7 Å². The molecule has 3 heteroatoms. The maximum atomic E-state index is 3.52. The third-order valence-electron chi connectivity index (χ3n) is 2.42. The van der Waals surface area contributed by atoms with Gasteiger partial charge in [-0.2, -0.15) is 0 Å². The third-order valence-corrected chi connectivity index (χ3v) is 2.42. The first kappa shape index (κ1) is 13.9. The van der Waals surface area contributed by atoms with Gasteiger partial charge in [-0.05, 0) is 13.0 Å². The van der Waals surface area contributed by atoms with Crippen LogP contribution < -0.4 is 16.0 Å². The van der Waals surface area contributed by atoms with Crippen molar-refractivity contribution in [2.24, 2.45) is 0 Å². The van der Waals surface area contributed by atoms with E-state index in [1.54, 1.807) is 0 Å². The van der Waals surface area contributed by atoms with Gasteiger partial charge in [0.1, 0.15) is 0 Å². The number of hydrogen-bond acceptors (Lipinski definition) is 3. The summed E-state index contributed by atoms with van der Waals surface area (Å²) < 4.78 is 0. The van der Waals surface area contributed by atoms with E-state index in [4.69, 9.17) is 0 Å². The summed E-state index contributed by atoms with van der Waals surface area (Å²) in [6, 6.07) is 1.41. The minimum atomic E-state index is 0.683. The van der Waals surface area contributed by atoms with E-state index >= 15 is 0 Å². The Morgan fingerprint density at radius 1 is 0.786 bits per heavy atom. The van der Waals surface area contributed by atoms with Gasteiger partial charge in [-0.3, -0.25) is 0 Å². The Hall–Kier alpha value is -0.120. The van der Waals surface area contributed by atoms with Crippen molar-refractivity contribution < 1.29 is 0 Å². The van der Waals surface area contributed by atoms with Gasteiger partial charge in [-0.25, -0.2) is 0 Å². The van der Waals surface area contributed by atoms with Crippen LogP contribution in [0.2, 0.25) is 0 Å². The van der Waals surface area contributed by atoms with E-state index in [1.807, 2.05) is 27.7 Å². The highest BCUT2D eigenvalue weighted by Crippen LogP contribution is 2.05. The predicted molar refractivity (Wildman–Crippen MR) is 63.8 cm³/mol. The van der Waals surface area contributed by atoms with Crippen LogP contribution in [0.3, 0.4) is 0 Å². The Labute approximate surface area is 89.0 Å². The van der Waals surface area contributed by atoms with Gasteiger partial charge in [-0.1, -0.05) is 27.7 Å². The third kappa shape index (κ3) is 4.40. The van der Waals surface area contributed by atoms with Crippen LogP contribution in [0, 0.1) is 0 Å². The lowest BCUT2D eigenvalue weighted by atomic mass is 9.99. The van der Waals surface area contributed by atoms with Crippen LogP contribution in [0.5, 0.6) is 0 Å². The van der Waals surface area contributed by atoms with Gasteiger partial charge in [0.05, 0.1) is 0 Å². The fraction of sp³-hybridized carbons (Fsp3) is 1.00. The van der Waals surface area contributed by atoms with Crippen molar-refractivity contribution in [3.63, 3.8) is 0 Å². The summed E-state index contributed by atoms with van der Waals surface area (Å²) in [6.45, 7) is 12.6. The molecule has 3 N–H and O–H groups in total. The lowest BCUT2D eigenvalue weighted by molar-refractivity contribution is 0.264. The van der Waals surface area contributed by atoms with Crippen LogP contribution in [0.1, 0.15) is 34.1 Å². The van der Waals surface area contributed by atoms with Crippen molar-refractivity contribution in [1.29, 1.82) is 0 Å². The molecule has 0 aromatic rings. The van der Waals surface area contributed by atoms with E-state index < -0.39 is 0 Å². The summed E-state index contributed by atoms with van der Waals surface area (Å²) in [5.41, 5.74) is 0. The molecule has 0 bridgehead atoms. The average molecular weight is 201 g/mol. The first-order chi connectivity index (χ1) is 6.97. The van der Waals surface area contributed by atoms with Crippen molar-refractivity contribution in [2.75, 3.05) is 26.2 Å². The molecule has 2 saturated heterocycles. The summed E-state index contributed by atoms with van der Waals surface area (Å²) in [4.78, 5) is 0. The molecule has 3 nitrogen and oxygen atoms in total. The molecule has 0 aromatic carbocycles. The smallest absolute Gasteiger partial charge is 0.0347 e. The van der Waals surface area contributed by atoms with Gasteiger partial charge in [0.15, 0.2) is 0 Å². The summed E-state index contributed by atoms with van der Waals surface area (Å²) in [7, 11) is 0. The molecule has 2 atom stereocenters. The Balaban J connectivity index is 0.000000379. The zero-order chi connectivity index (χ0) is 10.8. The van der Waals surface area contributed by atoms with Crippen LogP contribution in [0.25, 0.3) is 0 Å². The van der Waals surface area contributed by atoms with E-state index in [-0.39, 0.29) is 0 Å². The van der Waals surface area contributed by atoms with Crippen LogP contribution in [-0.2, 0) is 0 Å². The van der Waals surface area contributed by atoms with E-state index in [9.17, 15) is 0 Å². The molecule has 0 spiro atoms. The fourth-order valence-electron chi connectivity index (χ4n) is 1.83. The Kier molecular flexibility index (Phi) is 9.35. The molecule has 2 fully saturated rings. The highest BCUT2D eigenvalue weighted by atomic mass is 15.1. The maximum Gasteiger partial charge on any atom is 0.0347 e. The predicted octanol–water partition coefficient (Wildman–Crippen LogP) is 0.962. The SMILES string of the molecule is C1CC2NCCNC2CN1.CC.CC. The van der Waals surface area contributed by atoms with Crippen LogP contribution in [0.15, 0.2) is 0 Å². The zero-order valence-corrected chi connectivity index (χ0v) is 10.2. The van der Waals surface area contributed by atoms with E-state index in [0.717, 1.165) is 25.7 Å². The molecular weight excluding hydrogens is 174 g/mol. The van der Waals surface area contributed by atoms with Gasteiger partial charge in [0.2, 0.25) is 0 Å². The molecule has 0 radical (unpaired) electrons. The molecule has 0 aromatic heterocycles. The highest BCUT2D eigenvalue weighted by molar-refractivity contribution is 4.91. The maximum absolute atomic E-state index is 3.52. The molecule has 2 heterocycles. The van der Waals surface area contributed by atoms with Crippen molar-refractivity contribution in [2.45, 2.75) is 46.2 Å². The van der Waals surface area contributed by atoms with Gasteiger partial charge in [-0.15, -0.1) is 0 Å². The quantitative estimate of drug-likeness (QED) is 0.546. The Morgan fingerprint density at radius 2 is 1.36 bits per heavy atom. The summed E-state index contributed by atoms with van der Waals surface area (Å²) >= 11 is 0. The largest absolute Gasteiger partial charge is 0.315 e. The second-order valence-electron chi connectivity index (χ2n) is 3.11. The number of piperazine rings is 1. The first-order valence-electron chi connectivity index (χ1n) is 6.14. The normalized spacial score (nSPS) is 30.0. The number of fused-ring (bicyclic) bond motifs is 1. The molecule has 0 amide bonds. The summed E-state index contributed by atoms with van der Waals surface area (Å²) in [5.74, 6) is 0. The number of piperidine rings is 1. The van der Waals surface area contributed by atoms with Gasteiger partial charge in [0.25, 0.3) is 0 Å². The standard InChI is InChI=1S/C7H15N3.2C2H6/c1-2-8-5-7-6(1)9-3-4-10-7;2*1-2/h6-10H,1-5H2;2*1-2H3. The number of nitrogens with one attached hydrogen (secondary N) is 3. The molecule has 0 saturated carbocycles. The number of rotatable bonds is 0. The fourth-order valence-corrected chi connectivity index (χ4v) is 1.83. The van der Waals surface area contributed by atoms with E-state index in [2.05, 4.69) is 16.0 Å².